The van der Waals surface area contributed by atoms with Crippen LogP contribution in [0.4, 0.5) is 4.79 Å². The van der Waals surface area contributed by atoms with E-state index in [1.54, 1.807) is 6.20 Å². The summed E-state index contributed by atoms with van der Waals surface area (Å²) in [4.78, 5) is 11.4. The molecule has 0 fully saturated rings. The largest absolute Gasteiger partial charge is 0.444 e. The van der Waals surface area contributed by atoms with Gasteiger partial charge < -0.3 is 24.8 Å². The van der Waals surface area contributed by atoms with E-state index in [2.05, 4.69) is 15.7 Å². The zero-order valence-corrected chi connectivity index (χ0v) is 13.4. The van der Waals surface area contributed by atoms with Crippen LogP contribution in [0.1, 0.15) is 27.2 Å². The first-order valence-electron chi connectivity index (χ1n) is 6.67. The van der Waals surface area contributed by atoms with Gasteiger partial charge in [0.05, 0.1) is 0 Å². The Labute approximate surface area is 125 Å². The van der Waals surface area contributed by atoms with E-state index < -0.39 is 18.0 Å². The summed E-state index contributed by atoms with van der Waals surface area (Å²) < 4.78 is 15.1. The Bertz CT molecular complexity index is 349. The summed E-state index contributed by atoms with van der Waals surface area (Å²) in [6.07, 6.45) is 1.15. The predicted octanol–water partition coefficient (Wildman–Crippen LogP) is 1.98. The summed E-state index contributed by atoms with van der Waals surface area (Å²) in [5.74, 6) is 0. The number of nitrogens with zero attached hydrogens (tertiary/aromatic N) is 1. The molecule has 0 saturated carbocycles. The SMILES string of the molecule is COC(OC)/C(=C/NCCCNC(=O)OC(C)(C)C)N=N. The third-order valence-electron chi connectivity index (χ3n) is 2.21. The number of hydrogen-bond donors (Lipinski definition) is 3. The van der Waals surface area contributed by atoms with Gasteiger partial charge in [-0.3, -0.25) is 0 Å². The highest BCUT2D eigenvalue weighted by atomic mass is 16.7. The Morgan fingerprint density at radius 2 is 1.90 bits per heavy atom. The minimum Gasteiger partial charge on any atom is -0.444 e. The first-order valence-corrected chi connectivity index (χ1v) is 6.67. The first kappa shape index (κ1) is 19.3. The number of hydrogen-bond acceptors (Lipinski definition) is 7. The molecule has 0 aromatic heterocycles. The molecule has 0 aromatic rings. The van der Waals surface area contributed by atoms with Crippen LogP contribution in [-0.2, 0) is 14.2 Å². The normalized spacial score (nSPS) is 12.2. The highest BCUT2D eigenvalue weighted by molar-refractivity contribution is 5.67. The van der Waals surface area contributed by atoms with Gasteiger partial charge >= 0.3 is 6.09 Å². The fraction of sp³-hybridized carbons (Fsp3) is 0.769. The predicted molar refractivity (Wildman–Crippen MR) is 77.9 cm³/mol. The Hall–Kier alpha value is -1.67. The monoisotopic (exact) mass is 302 g/mol. The quantitative estimate of drug-likeness (QED) is 0.343. The highest BCUT2D eigenvalue weighted by Gasteiger charge is 2.15. The number of rotatable bonds is 9. The molecule has 0 unspecified atom stereocenters. The minimum atomic E-state index is -0.671. The lowest BCUT2D eigenvalue weighted by atomic mass is 10.2. The minimum absolute atomic E-state index is 0.333. The lowest BCUT2D eigenvalue weighted by Crippen LogP contribution is -2.33. The van der Waals surface area contributed by atoms with E-state index in [0.717, 1.165) is 0 Å². The number of amides is 1. The molecule has 0 spiro atoms. The molecule has 0 aliphatic heterocycles. The van der Waals surface area contributed by atoms with Gasteiger partial charge in [-0.15, -0.1) is 0 Å². The van der Waals surface area contributed by atoms with Crippen LogP contribution in [0, 0.1) is 5.53 Å². The first-order chi connectivity index (χ1) is 9.84. The van der Waals surface area contributed by atoms with Gasteiger partial charge in [-0.25, -0.2) is 10.3 Å². The lowest BCUT2D eigenvalue weighted by molar-refractivity contribution is -0.0764. The summed E-state index contributed by atoms with van der Waals surface area (Å²) in [5, 5.41) is 8.96. The van der Waals surface area contributed by atoms with Gasteiger partial charge in [-0.05, 0) is 27.2 Å². The van der Waals surface area contributed by atoms with Crippen molar-refractivity contribution in [1.82, 2.24) is 10.6 Å². The molecule has 0 saturated heterocycles. The van der Waals surface area contributed by atoms with E-state index in [4.69, 9.17) is 19.7 Å². The average Bonchev–Trinajstić information content (AvgIpc) is 2.39. The van der Waals surface area contributed by atoms with Gasteiger partial charge in [-0.2, -0.15) is 5.11 Å². The second-order valence-corrected chi connectivity index (χ2v) is 5.22. The van der Waals surface area contributed by atoms with Crippen molar-refractivity contribution in [2.24, 2.45) is 5.11 Å². The standard InChI is InChI=1S/C13H26N4O4/c1-13(2,3)21-12(18)16-8-6-7-15-9-10(17-14)11(19-4)20-5/h9,11,14-15H,6-8H2,1-5H3,(H,16,18)/b10-9-,17-14?. The summed E-state index contributed by atoms with van der Waals surface area (Å²) in [6, 6.07) is 0. The van der Waals surface area contributed by atoms with E-state index in [9.17, 15) is 4.79 Å². The van der Waals surface area contributed by atoms with Crippen LogP contribution < -0.4 is 10.6 Å². The van der Waals surface area contributed by atoms with Gasteiger partial charge in [0.1, 0.15) is 11.3 Å². The van der Waals surface area contributed by atoms with Crippen molar-refractivity contribution >= 4 is 6.09 Å². The number of carbonyl (C=O) groups is 1. The highest BCUT2D eigenvalue weighted by Crippen LogP contribution is 2.07. The second-order valence-electron chi connectivity index (χ2n) is 5.22. The zero-order valence-electron chi connectivity index (χ0n) is 13.4. The molecule has 1 amide bonds. The topological polar surface area (TPSA) is 105 Å². The van der Waals surface area contributed by atoms with E-state index in [1.165, 1.54) is 14.2 Å². The van der Waals surface area contributed by atoms with Crippen LogP contribution in [0.2, 0.25) is 0 Å². The van der Waals surface area contributed by atoms with Crippen molar-refractivity contribution in [2.75, 3.05) is 27.3 Å². The van der Waals surface area contributed by atoms with Gasteiger partial charge in [0.2, 0.25) is 6.29 Å². The Morgan fingerprint density at radius 1 is 1.29 bits per heavy atom. The van der Waals surface area contributed by atoms with E-state index in [1.807, 2.05) is 20.8 Å². The van der Waals surface area contributed by atoms with Crippen LogP contribution >= 0.6 is 0 Å². The van der Waals surface area contributed by atoms with Crippen molar-refractivity contribution in [3.05, 3.63) is 11.9 Å². The van der Waals surface area contributed by atoms with Crippen LogP contribution in [-0.4, -0.2) is 45.3 Å². The lowest BCUT2D eigenvalue weighted by Gasteiger charge is -2.19. The van der Waals surface area contributed by atoms with E-state index in [-0.39, 0.29) is 0 Å². The Balaban J connectivity index is 3.90. The van der Waals surface area contributed by atoms with E-state index in [0.29, 0.717) is 25.2 Å². The van der Waals surface area contributed by atoms with Crippen LogP contribution in [0.5, 0.6) is 0 Å². The molecule has 0 heterocycles. The maximum atomic E-state index is 11.4. The van der Waals surface area contributed by atoms with Crippen molar-refractivity contribution < 1.29 is 19.0 Å². The fourth-order valence-electron chi connectivity index (χ4n) is 1.36. The molecule has 0 rings (SSSR count). The zero-order chi connectivity index (χ0) is 16.3. The summed E-state index contributed by atoms with van der Waals surface area (Å²) in [7, 11) is 2.94. The molecule has 0 radical (unpaired) electrons. The van der Waals surface area contributed by atoms with Crippen LogP contribution in [0.3, 0.4) is 0 Å². The number of ether oxygens (including phenoxy) is 3. The molecule has 0 aliphatic carbocycles. The summed E-state index contributed by atoms with van der Waals surface area (Å²) in [5.41, 5.74) is 6.87. The third-order valence-corrected chi connectivity index (χ3v) is 2.21. The maximum Gasteiger partial charge on any atom is 0.407 e. The van der Waals surface area contributed by atoms with Crippen molar-refractivity contribution in [3.63, 3.8) is 0 Å². The van der Waals surface area contributed by atoms with Gasteiger partial charge in [0.15, 0.2) is 0 Å². The molecule has 8 nitrogen and oxygen atoms in total. The Kier molecular flexibility index (Phi) is 9.31. The number of alkyl carbamates (subject to hydrolysis) is 1. The van der Waals surface area contributed by atoms with Crippen molar-refractivity contribution in [2.45, 2.75) is 39.1 Å². The van der Waals surface area contributed by atoms with Crippen molar-refractivity contribution in [3.8, 4) is 0 Å². The van der Waals surface area contributed by atoms with Gasteiger partial charge in [0.25, 0.3) is 0 Å². The molecule has 21 heavy (non-hydrogen) atoms. The summed E-state index contributed by atoms with van der Waals surface area (Å²) in [6.45, 7) is 6.53. The molecule has 0 atom stereocenters. The second kappa shape index (κ2) is 10.1. The average molecular weight is 302 g/mol. The molecule has 0 aromatic carbocycles. The summed E-state index contributed by atoms with van der Waals surface area (Å²) >= 11 is 0. The molecule has 8 heteroatoms. The smallest absolute Gasteiger partial charge is 0.407 e. The van der Waals surface area contributed by atoms with Crippen LogP contribution in [0.15, 0.2) is 17.0 Å². The molecular weight excluding hydrogens is 276 g/mol. The van der Waals surface area contributed by atoms with Crippen molar-refractivity contribution in [1.29, 1.82) is 5.53 Å². The molecule has 3 N–H and O–H groups in total. The van der Waals surface area contributed by atoms with Gasteiger partial charge in [-0.1, -0.05) is 0 Å². The van der Waals surface area contributed by atoms with E-state index >= 15 is 0 Å². The maximum absolute atomic E-state index is 11.4. The van der Waals surface area contributed by atoms with Crippen LogP contribution in [0.25, 0.3) is 0 Å². The molecule has 0 aliphatic rings. The van der Waals surface area contributed by atoms with Gasteiger partial charge in [0, 0.05) is 33.5 Å². The Morgan fingerprint density at radius 3 is 2.38 bits per heavy atom. The third kappa shape index (κ3) is 9.80. The number of nitrogens with one attached hydrogen (secondary N) is 3. The number of methoxy groups -OCH3 is 2. The molecule has 122 valence electrons. The molecular formula is C13H26N4O4. The molecule has 0 bridgehead atoms. The fourth-order valence-corrected chi connectivity index (χ4v) is 1.36. The number of carbonyl (C=O) groups excluding carboxylic acids is 1.